The van der Waals surface area contributed by atoms with Crippen LogP contribution in [0.15, 0.2) is 211 Å². The van der Waals surface area contributed by atoms with Crippen molar-refractivity contribution in [2.45, 2.75) is 147 Å². The van der Waals surface area contributed by atoms with Gasteiger partial charge in [-0.15, -0.1) is 0 Å². The summed E-state index contributed by atoms with van der Waals surface area (Å²) < 4.78 is 47.7. The van der Waals surface area contributed by atoms with Crippen LogP contribution in [0.1, 0.15) is 120 Å². The number of imidazole rings is 1. The third-order valence-electron chi connectivity index (χ3n) is 19.1. The number of carbonyl (C=O) groups is 5. The van der Waals surface area contributed by atoms with Crippen LogP contribution in [0, 0.1) is 17.6 Å². The zero-order chi connectivity index (χ0) is 74.6. The number of aliphatic carboxylic acids is 1. The van der Waals surface area contributed by atoms with Gasteiger partial charge in [0.1, 0.15) is 46.9 Å². The van der Waals surface area contributed by atoms with E-state index < -0.39 is 12.1 Å². The van der Waals surface area contributed by atoms with Crippen LogP contribution in [-0.4, -0.2) is 116 Å². The summed E-state index contributed by atoms with van der Waals surface area (Å²) in [6.07, 6.45) is 10.2. The number of nitrogens with one attached hydrogen (secondary N) is 1. The van der Waals surface area contributed by atoms with E-state index in [0.717, 1.165) is 139 Å². The topological polar surface area (TPSA) is 211 Å². The van der Waals surface area contributed by atoms with Crippen LogP contribution in [0.4, 0.5) is 20.2 Å². The van der Waals surface area contributed by atoms with Crippen molar-refractivity contribution in [2.24, 2.45) is 5.92 Å². The molecule has 4 heterocycles. The van der Waals surface area contributed by atoms with Crippen molar-refractivity contribution in [3.8, 4) is 22.8 Å². The fraction of sp³-hybridized carbons (Fsp3) is 0.349. The number of quaternary nitrogens is 1. The van der Waals surface area contributed by atoms with E-state index >= 15 is 0 Å². The molecule has 3 aliphatic rings. The molecule has 13 rings (SSSR count). The molecule has 2 aliphatic heterocycles. The molecule has 0 bridgehead atoms. The highest BCUT2D eigenvalue weighted by atomic mass is 32.2. The molecule has 8 aromatic carbocycles. The summed E-state index contributed by atoms with van der Waals surface area (Å²) in [5.74, 6) is 1.89. The lowest BCUT2D eigenvalue weighted by Crippen LogP contribution is -2.85. The van der Waals surface area contributed by atoms with E-state index in [-0.39, 0.29) is 53.8 Å². The lowest BCUT2D eigenvalue weighted by Gasteiger charge is -2.32. The number of aliphatic hydroxyl groups excluding tert-OH is 1. The number of β-amino-alcohol motifs (C(OH)–C–C–N with tert-alkyl or cyclic N) is 1. The number of benzene rings is 8. The average molecular weight is 1460 g/mol. The molecule has 556 valence electrons. The first-order valence-corrected chi connectivity index (χ1v) is 37.9. The number of amides is 2. The molecule has 0 saturated carbocycles. The van der Waals surface area contributed by atoms with Gasteiger partial charge in [0.25, 0.3) is 0 Å². The molecule has 1 aliphatic carbocycles. The highest BCUT2D eigenvalue weighted by Gasteiger charge is 2.35. The first kappa shape index (κ1) is 78.6. The van der Waals surface area contributed by atoms with Gasteiger partial charge in [-0.25, -0.2) is 13.8 Å². The fourth-order valence-corrected chi connectivity index (χ4v) is 14.5. The number of Topliss-reactive ketones (excluding diaryl/α,β-unsaturated/α-hetero) is 2. The fourth-order valence-electron chi connectivity index (χ4n) is 13.6. The number of rotatable bonds is 30. The number of carbonyl (C=O) groups excluding carboxylic acids is 4. The van der Waals surface area contributed by atoms with Crippen molar-refractivity contribution in [1.82, 2.24) is 24.3 Å². The summed E-state index contributed by atoms with van der Waals surface area (Å²) in [6, 6.07) is 64.6. The SMILES string of the molecule is CC(=O)CC1[NH2+]c2ccccc2N1C[C@H](O)CO[C@H]1CCCc2ccccc21.CCCCn1c(CCC(C)=O)ccc1-c1ccc(F)cc1.O=C(CCC1CCN(C(=O)CCOc2ccccc2)CC1)NCc1ccc(F)cc1.O=C(O)Cn1c(SCCOc2cccc3ccccc23)nc2ccccc21. The minimum absolute atomic E-state index is 0.0000402. The smallest absolute Gasteiger partial charge is 0.323 e. The Labute approximate surface area is 624 Å². The Morgan fingerprint density at radius 3 is 2.18 bits per heavy atom. The maximum Gasteiger partial charge on any atom is 0.323 e. The summed E-state index contributed by atoms with van der Waals surface area (Å²) in [6.45, 7) is 9.79. The molecule has 2 amide bonds. The van der Waals surface area contributed by atoms with Crippen molar-refractivity contribution < 1.29 is 62.5 Å². The second-order valence-corrected chi connectivity index (χ2v) is 28.1. The second-order valence-electron chi connectivity index (χ2n) is 27.1. The first-order valence-electron chi connectivity index (χ1n) is 36.9. The predicted molar refractivity (Wildman–Crippen MR) is 413 cm³/mol. The highest BCUT2D eigenvalue weighted by molar-refractivity contribution is 7.99. The van der Waals surface area contributed by atoms with E-state index in [1.165, 1.54) is 52.8 Å². The molecule has 106 heavy (non-hydrogen) atoms. The van der Waals surface area contributed by atoms with Crippen LogP contribution in [0.2, 0.25) is 0 Å². The minimum atomic E-state index is -0.882. The number of halogens is 2. The molecule has 20 heteroatoms. The van der Waals surface area contributed by atoms with Gasteiger partial charge in [-0.1, -0.05) is 140 Å². The first-order chi connectivity index (χ1) is 51.5. The molecule has 1 saturated heterocycles. The minimum Gasteiger partial charge on any atom is -0.493 e. The number of para-hydroxylation sites is 5. The number of aryl methyl sites for hydroxylation is 2. The normalized spacial score (nSPS) is 14.8. The van der Waals surface area contributed by atoms with Crippen molar-refractivity contribution in [1.29, 1.82) is 0 Å². The van der Waals surface area contributed by atoms with Crippen molar-refractivity contribution >= 4 is 74.3 Å². The molecule has 1 fully saturated rings. The number of aliphatic hydroxyl groups is 1. The van der Waals surface area contributed by atoms with Crippen LogP contribution in [0.25, 0.3) is 33.1 Å². The number of ether oxygens (including phenoxy) is 3. The van der Waals surface area contributed by atoms with Crippen molar-refractivity contribution in [3.05, 3.63) is 240 Å². The van der Waals surface area contributed by atoms with Gasteiger partial charge in [0.15, 0.2) is 17.0 Å². The van der Waals surface area contributed by atoms with Crippen molar-refractivity contribution in [3.63, 3.8) is 0 Å². The van der Waals surface area contributed by atoms with E-state index in [9.17, 15) is 43.0 Å². The summed E-state index contributed by atoms with van der Waals surface area (Å²) >= 11 is 1.50. The van der Waals surface area contributed by atoms with Gasteiger partial charge in [-0.3, -0.25) is 24.5 Å². The number of carboxylic acids is 1. The molecule has 0 spiro atoms. The lowest BCUT2D eigenvalue weighted by atomic mass is 9.89. The van der Waals surface area contributed by atoms with E-state index in [0.29, 0.717) is 75.4 Å². The number of ketones is 2. The molecule has 17 nitrogen and oxygen atoms in total. The Hall–Kier alpha value is -9.99. The van der Waals surface area contributed by atoms with Gasteiger partial charge in [0.05, 0.1) is 62.4 Å². The van der Waals surface area contributed by atoms with Crippen molar-refractivity contribution in [2.75, 3.05) is 50.1 Å². The number of likely N-dealkylation sites (tertiary alicyclic amines) is 1. The Bertz CT molecular complexity index is 4460. The van der Waals surface area contributed by atoms with Crippen LogP contribution >= 0.6 is 11.8 Å². The highest BCUT2D eigenvalue weighted by Crippen LogP contribution is 2.35. The third kappa shape index (κ3) is 23.5. The largest absolute Gasteiger partial charge is 0.493 e. The quantitative estimate of drug-likeness (QED) is 0.0188. The van der Waals surface area contributed by atoms with E-state index in [4.69, 9.17) is 14.2 Å². The molecule has 10 aromatic rings. The molecule has 3 atom stereocenters. The number of anilines is 1. The molecule has 2 aromatic heterocycles. The summed E-state index contributed by atoms with van der Waals surface area (Å²) in [5, 5.41) is 27.8. The lowest BCUT2D eigenvalue weighted by molar-refractivity contribution is -0.599. The molecule has 1 unspecified atom stereocenters. The Morgan fingerprint density at radius 2 is 1.42 bits per heavy atom. The standard InChI is InChI=1S/C24H29FN2O3.C23H28N2O3.C21H18N2O3S.C18H22FNO/c25-21-9-6-20(7-10-21)18-26-23(28)11-8-19-12-15-27(16-13-19)24(29)14-17-30-22-4-2-1-3-5-22;1-16(26)13-23-24-20-10-4-5-11-21(20)25(23)14-18(27)15-28-22-12-6-8-17-7-2-3-9-19(17)22;24-20(25)14-23-18-10-4-3-9-17(18)22-21(23)27-13-12-26-19-11-5-7-15-6-1-2-8-16(15)19;1-3-4-13-20-17(10-5-14(2)21)11-12-18(20)15-6-8-16(19)9-7-15/h1-7,9-10,19H,8,11-18H2,(H,26,28);2-5,7,9-11,18,22-24,27H,6,8,12-15H2,1H3;1-11H,12-14H2,(H,24,25);6-9,11-12H,3-5,10,13H2,1-2H3/p+1/t;18-,22-,23?;;/m.0../s1. The molecular weight excluding hydrogens is 1360 g/mol. The number of fused-ring (bicyclic) bond motifs is 4. The molecular formula is C86H98F2N7O10S+. The summed E-state index contributed by atoms with van der Waals surface area (Å²) in [5.41, 5.74) is 10.6. The zero-order valence-corrected chi connectivity index (χ0v) is 61.7. The van der Waals surface area contributed by atoms with E-state index in [1.807, 2.05) is 114 Å². The van der Waals surface area contributed by atoms with Gasteiger partial charge in [-0.05, 0) is 184 Å². The molecule has 0 radical (unpaired) electrons. The Kier molecular flexibility index (Phi) is 30.0. The maximum atomic E-state index is 13.1. The number of unbranched alkanes of at least 4 members (excludes halogenated alkanes) is 1. The van der Waals surface area contributed by atoms with E-state index in [2.05, 4.69) is 92.7 Å². The van der Waals surface area contributed by atoms with Gasteiger partial charge < -0.3 is 53.5 Å². The number of hydrogen-bond donors (Lipinski definition) is 4. The van der Waals surface area contributed by atoms with Gasteiger partial charge >= 0.3 is 5.97 Å². The van der Waals surface area contributed by atoms with Gasteiger partial charge in [-0.2, -0.15) is 0 Å². The number of hydrogen-bond acceptors (Lipinski definition) is 12. The number of nitrogens with two attached hydrogens (primary N) is 1. The Balaban J connectivity index is 0.000000152. The summed E-state index contributed by atoms with van der Waals surface area (Å²) in [7, 11) is 0. The second kappa shape index (κ2) is 40.5. The Morgan fingerprint density at radius 1 is 0.708 bits per heavy atom. The summed E-state index contributed by atoms with van der Waals surface area (Å²) in [4.78, 5) is 67.2. The van der Waals surface area contributed by atoms with Crippen LogP contribution in [-0.2, 0) is 61.2 Å². The number of carboxylic acid groups (broad SMARTS) is 1. The predicted octanol–water partition coefficient (Wildman–Crippen LogP) is 15.5. The zero-order valence-electron chi connectivity index (χ0n) is 60.8. The van der Waals surface area contributed by atoms with Crippen LogP contribution in [0.3, 0.4) is 0 Å². The monoisotopic (exact) mass is 1460 g/mol. The average Bonchev–Trinajstić information content (AvgIpc) is 1.66. The number of thioether (sulfide) groups is 1. The van der Waals surface area contributed by atoms with Crippen LogP contribution in [0.5, 0.6) is 11.5 Å². The molecule has 5 N–H and O–H groups in total. The van der Waals surface area contributed by atoms with Gasteiger partial charge in [0, 0.05) is 67.6 Å². The third-order valence-corrected chi connectivity index (χ3v) is 20.1. The van der Waals surface area contributed by atoms with Gasteiger partial charge in [0.2, 0.25) is 11.8 Å². The van der Waals surface area contributed by atoms with E-state index in [1.54, 1.807) is 30.5 Å². The maximum absolute atomic E-state index is 13.1. The van der Waals surface area contributed by atoms with Crippen LogP contribution < -0.4 is 25.0 Å². The number of nitrogens with zero attached hydrogens (tertiary/aromatic N) is 5. The number of piperidine rings is 1. The number of aromatic nitrogens is 3.